The summed E-state index contributed by atoms with van der Waals surface area (Å²) in [6, 6.07) is 0.341. The lowest BCUT2D eigenvalue weighted by Crippen LogP contribution is -2.56. The Morgan fingerprint density at radius 3 is 2.94 bits per heavy atom. The first-order valence-corrected chi connectivity index (χ1v) is 6.51. The van der Waals surface area contributed by atoms with E-state index in [0.717, 1.165) is 11.7 Å². The van der Waals surface area contributed by atoms with Crippen LogP contribution in [0.25, 0.3) is 0 Å². The van der Waals surface area contributed by atoms with Crippen LogP contribution in [0.4, 0.5) is 0 Å². The van der Waals surface area contributed by atoms with Gasteiger partial charge in [-0.3, -0.25) is 0 Å². The Balaban J connectivity index is 1.98. The summed E-state index contributed by atoms with van der Waals surface area (Å²) in [4.78, 5) is 7.71. The van der Waals surface area contributed by atoms with E-state index in [1.807, 2.05) is 12.4 Å². The number of allylic oxidation sites excluding steroid dienone is 1. The number of piperidine rings is 1. The SMILES string of the molecule is CC1=CC[C@@H]2C[C@H]1[C@H](c1ncc[nH]1)NC2(C)C. The number of hydrogen-bond donors (Lipinski definition) is 2. The van der Waals surface area contributed by atoms with Crippen molar-refractivity contribution < 1.29 is 0 Å². The number of nitrogens with one attached hydrogen (secondary N) is 2. The van der Waals surface area contributed by atoms with Crippen LogP contribution in [0.3, 0.4) is 0 Å². The molecular formula is C14H21N3. The number of hydrogen-bond acceptors (Lipinski definition) is 2. The number of fused-ring (bicyclic) bond motifs is 2. The second-order valence-corrected chi connectivity index (χ2v) is 6.04. The van der Waals surface area contributed by atoms with E-state index in [9.17, 15) is 0 Å². The van der Waals surface area contributed by atoms with Crippen molar-refractivity contribution >= 4 is 0 Å². The molecule has 92 valence electrons. The van der Waals surface area contributed by atoms with Gasteiger partial charge in [0.1, 0.15) is 5.82 Å². The van der Waals surface area contributed by atoms with Crippen LogP contribution in [-0.4, -0.2) is 15.5 Å². The van der Waals surface area contributed by atoms with Crippen LogP contribution < -0.4 is 5.32 Å². The first kappa shape index (κ1) is 11.0. The lowest BCUT2D eigenvalue weighted by molar-refractivity contribution is 0.106. The Morgan fingerprint density at radius 2 is 2.24 bits per heavy atom. The van der Waals surface area contributed by atoms with Crippen molar-refractivity contribution in [1.82, 2.24) is 15.3 Å². The monoisotopic (exact) mass is 231 g/mol. The highest BCUT2D eigenvalue weighted by atomic mass is 15.1. The maximum atomic E-state index is 4.44. The molecule has 1 saturated heterocycles. The maximum absolute atomic E-state index is 4.44. The molecule has 1 fully saturated rings. The van der Waals surface area contributed by atoms with Gasteiger partial charge in [-0.05, 0) is 39.5 Å². The van der Waals surface area contributed by atoms with Gasteiger partial charge >= 0.3 is 0 Å². The fourth-order valence-corrected chi connectivity index (χ4v) is 3.38. The van der Waals surface area contributed by atoms with Crippen LogP contribution in [0.15, 0.2) is 24.0 Å². The number of H-pyrrole nitrogens is 1. The molecule has 0 aromatic carbocycles. The molecule has 0 amide bonds. The van der Waals surface area contributed by atoms with Crippen LogP contribution in [0.2, 0.25) is 0 Å². The first-order valence-electron chi connectivity index (χ1n) is 6.51. The van der Waals surface area contributed by atoms with Crippen molar-refractivity contribution in [1.29, 1.82) is 0 Å². The van der Waals surface area contributed by atoms with E-state index < -0.39 is 0 Å². The van der Waals surface area contributed by atoms with E-state index in [1.54, 1.807) is 0 Å². The highest BCUT2D eigenvalue weighted by molar-refractivity contribution is 5.20. The maximum Gasteiger partial charge on any atom is 0.123 e. The smallest absolute Gasteiger partial charge is 0.123 e. The van der Waals surface area contributed by atoms with E-state index in [2.05, 4.69) is 42.1 Å². The van der Waals surface area contributed by atoms with Crippen molar-refractivity contribution in [2.75, 3.05) is 0 Å². The van der Waals surface area contributed by atoms with E-state index in [4.69, 9.17) is 0 Å². The Bertz CT molecular complexity index is 430. The average molecular weight is 231 g/mol. The van der Waals surface area contributed by atoms with Crippen molar-refractivity contribution in [3.63, 3.8) is 0 Å². The van der Waals surface area contributed by atoms with Gasteiger partial charge in [-0.1, -0.05) is 11.6 Å². The lowest BCUT2D eigenvalue weighted by Gasteiger charge is -2.49. The summed E-state index contributed by atoms with van der Waals surface area (Å²) >= 11 is 0. The summed E-state index contributed by atoms with van der Waals surface area (Å²) in [5, 5.41) is 3.79. The zero-order valence-electron chi connectivity index (χ0n) is 10.8. The third kappa shape index (κ3) is 1.73. The lowest BCUT2D eigenvalue weighted by atomic mass is 9.66. The van der Waals surface area contributed by atoms with Gasteiger partial charge in [-0.25, -0.2) is 4.98 Å². The van der Waals surface area contributed by atoms with Crippen LogP contribution >= 0.6 is 0 Å². The second kappa shape index (κ2) is 3.70. The van der Waals surface area contributed by atoms with E-state index in [-0.39, 0.29) is 5.54 Å². The number of aromatic nitrogens is 2. The molecule has 0 unspecified atom stereocenters. The van der Waals surface area contributed by atoms with Gasteiger partial charge in [0.05, 0.1) is 6.04 Å². The van der Waals surface area contributed by atoms with Crippen molar-refractivity contribution in [2.24, 2.45) is 11.8 Å². The average Bonchev–Trinajstić information content (AvgIpc) is 2.79. The van der Waals surface area contributed by atoms with Gasteiger partial charge < -0.3 is 10.3 Å². The molecular weight excluding hydrogens is 210 g/mol. The Kier molecular flexibility index (Phi) is 2.40. The zero-order valence-corrected chi connectivity index (χ0v) is 10.8. The summed E-state index contributed by atoms with van der Waals surface area (Å²) < 4.78 is 0. The highest BCUT2D eigenvalue weighted by Gasteiger charge is 2.44. The van der Waals surface area contributed by atoms with Crippen LogP contribution in [0.1, 0.15) is 45.5 Å². The van der Waals surface area contributed by atoms with Gasteiger partial charge in [0.15, 0.2) is 0 Å². The normalized spacial score (nSPS) is 35.5. The predicted octanol–water partition coefficient (Wildman–Crippen LogP) is 2.81. The molecule has 2 bridgehead atoms. The van der Waals surface area contributed by atoms with Gasteiger partial charge in [-0.2, -0.15) is 0 Å². The summed E-state index contributed by atoms with van der Waals surface area (Å²) in [6.07, 6.45) is 8.69. The summed E-state index contributed by atoms with van der Waals surface area (Å²) in [5.74, 6) is 2.44. The number of rotatable bonds is 1. The van der Waals surface area contributed by atoms with E-state index in [1.165, 1.54) is 18.4 Å². The van der Waals surface area contributed by atoms with E-state index >= 15 is 0 Å². The molecule has 2 heterocycles. The van der Waals surface area contributed by atoms with Crippen molar-refractivity contribution in [3.8, 4) is 0 Å². The van der Waals surface area contributed by atoms with Crippen LogP contribution in [-0.2, 0) is 0 Å². The zero-order chi connectivity index (χ0) is 12.0. The second-order valence-electron chi connectivity index (χ2n) is 6.04. The van der Waals surface area contributed by atoms with Gasteiger partial charge in [-0.15, -0.1) is 0 Å². The molecule has 2 N–H and O–H groups in total. The largest absolute Gasteiger partial charge is 0.347 e. The molecule has 0 saturated carbocycles. The molecule has 3 rings (SSSR count). The molecule has 0 spiro atoms. The summed E-state index contributed by atoms with van der Waals surface area (Å²) in [7, 11) is 0. The molecule has 1 aromatic rings. The van der Waals surface area contributed by atoms with Gasteiger partial charge in [0, 0.05) is 23.9 Å². The molecule has 3 nitrogen and oxygen atoms in total. The Morgan fingerprint density at radius 1 is 1.41 bits per heavy atom. The van der Waals surface area contributed by atoms with Gasteiger partial charge in [0.2, 0.25) is 0 Å². The predicted molar refractivity (Wildman–Crippen MR) is 68.5 cm³/mol. The molecule has 0 radical (unpaired) electrons. The van der Waals surface area contributed by atoms with Crippen molar-refractivity contribution in [2.45, 2.75) is 45.2 Å². The molecule has 1 aliphatic heterocycles. The minimum Gasteiger partial charge on any atom is -0.347 e. The standard InChI is InChI=1S/C14H21N3/c1-9-4-5-10-8-11(9)12(17-14(10,2)3)13-15-6-7-16-13/h4,6-7,10-12,17H,5,8H2,1-3H3,(H,15,16)/t10-,11-,12-/m1/s1. The minimum absolute atomic E-state index is 0.200. The molecule has 1 aromatic heterocycles. The Labute approximate surface area is 103 Å². The summed E-state index contributed by atoms with van der Waals surface area (Å²) in [6.45, 7) is 6.90. The molecule has 3 atom stereocenters. The molecule has 2 aliphatic rings. The quantitative estimate of drug-likeness (QED) is 0.730. The topological polar surface area (TPSA) is 40.7 Å². The van der Waals surface area contributed by atoms with Crippen molar-refractivity contribution in [3.05, 3.63) is 29.9 Å². The number of nitrogens with zero attached hydrogens (tertiary/aromatic N) is 1. The van der Waals surface area contributed by atoms with Crippen LogP contribution in [0, 0.1) is 11.8 Å². The fourth-order valence-electron chi connectivity index (χ4n) is 3.38. The van der Waals surface area contributed by atoms with Gasteiger partial charge in [0.25, 0.3) is 0 Å². The summed E-state index contributed by atoms with van der Waals surface area (Å²) in [5.41, 5.74) is 1.72. The third-order valence-electron chi connectivity index (χ3n) is 4.61. The molecule has 17 heavy (non-hydrogen) atoms. The molecule has 3 heteroatoms. The molecule has 1 aliphatic carbocycles. The fraction of sp³-hybridized carbons (Fsp3) is 0.643. The third-order valence-corrected chi connectivity index (χ3v) is 4.61. The number of imidazole rings is 1. The number of aromatic amines is 1. The highest BCUT2D eigenvalue weighted by Crippen LogP contribution is 2.46. The van der Waals surface area contributed by atoms with Crippen LogP contribution in [0.5, 0.6) is 0 Å². The first-order chi connectivity index (χ1) is 8.08. The Hall–Kier alpha value is -1.09. The minimum atomic E-state index is 0.200. The van der Waals surface area contributed by atoms with E-state index in [0.29, 0.717) is 12.0 Å².